The molecule has 0 amide bonds. The topological polar surface area (TPSA) is 51.9 Å². The number of carbonyl (C=O) groups excluding carboxylic acids is 1. The van der Waals surface area contributed by atoms with Gasteiger partial charge in [0.15, 0.2) is 0 Å². The summed E-state index contributed by atoms with van der Waals surface area (Å²) in [5.74, 6) is 0.480. The van der Waals surface area contributed by atoms with Crippen molar-refractivity contribution in [3.63, 3.8) is 0 Å². The Morgan fingerprint density at radius 1 is 1.24 bits per heavy atom. The summed E-state index contributed by atoms with van der Waals surface area (Å²) < 4.78 is 15.9. The van der Waals surface area contributed by atoms with Crippen LogP contribution in [0.5, 0.6) is 5.75 Å². The van der Waals surface area contributed by atoms with Crippen LogP contribution in [-0.4, -0.2) is 44.2 Å². The number of fused-ring (bicyclic) bond motifs is 1. The van der Waals surface area contributed by atoms with Gasteiger partial charge >= 0.3 is 5.97 Å². The average molecular weight is 291 g/mol. The van der Waals surface area contributed by atoms with Crippen LogP contribution in [0, 0.1) is 0 Å². The molecule has 0 aliphatic carbocycles. The summed E-state index contributed by atoms with van der Waals surface area (Å²) in [6.45, 7) is 7.14. The minimum atomic E-state index is -0.433. The number of benzene rings is 1. The first-order valence-corrected chi connectivity index (χ1v) is 7.15. The lowest BCUT2D eigenvalue weighted by atomic mass is 10.2. The van der Waals surface area contributed by atoms with Crippen molar-refractivity contribution in [2.75, 3.05) is 33.4 Å². The Kier molecular flexibility index (Phi) is 5.22. The van der Waals surface area contributed by atoms with Gasteiger partial charge in [-0.3, -0.25) is 0 Å². The van der Waals surface area contributed by atoms with Crippen LogP contribution >= 0.6 is 0 Å². The van der Waals surface area contributed by atoms with Gasteiger partial charge in [0.25, 0.3) is 0 Å². The van der Waals surface area contributed by atoms with E-state index < -0.39 is 5.97 Å². The number of nitrogens with zero attached hydrogens (tertiary/aromatic N) is 1. The van der Waals surface area contributed by atoms with Crippen molar-refractivity contribution < 1.29 is 18.7 Å². The van der Waals surface area contributed by atoms with Crippen LogP contribution in [0.25, 0.3) is 11.0 Å². The number of methoxy groups -OCH3 is 1. The monoisotopic (exact) mass is 291 g/mol. The highest BCUT2D eigenvalue weighted by Gasteiger charge is 2.14. The molecule has 0 aliphatic heterocycles. The standard InChI is InChI=1S/C16H21NO4/c1-4-17(5-2)8-9-20-16(18)15-10-12-6-7-13(19-3)11-14(12)21-15/h6-7,10-11H,4-5,8-9H2,1-3H3. The number of ether oxygens (including phenoxy) is 2. The van der Waals surface area contributed by atoms with Crippen molar-refractivity contribution >= 4 is 16.9 Å². The van der Waals surface area contributed by atoms with Crippen LogP contribution in [0.4, 0.5) is 0 Å². The molecule has 0 spiro atoms. The third-order valence-electron chi connectivity index (χ3n) is 3.46. The number of likely N-dealkylation sites (N-methyl/N-ethyl adjacent to an activating group) is 1. The van der Waals surface area contributed by atoms with Crippen LogP contribution in [0.1, 0.15) is 24.4 Å². The molecule has 2 aromatic rings. The molecule has 0 unspecified atom stereocenters. The second kappa shape index (κ2) is 7.13. The van der Waals surface area contributed by atoms with E-state index in [0.717, 1.165) is 25.0 Å². The summed E-state index contributed by atoms with van der Waals surface area (Å²) in [6, 6.07) is 7.12. The lowest BCUT2D eigenvalue weighted by molar-refractivity contribution is 0.0433. The Morgan fingerprint density at radius 3 is 2.67 bits per heavy atom. The Hall–Kier alpha value is -2.01. The molecule has 5 nitrogen and oxygen atoms in total. The third-order valence-corrected chi connectivity index (χ3v) is 3.46. The second-order valence-corrected chi connectivity index (χ2v) is 4.68. The molecule has 0 aliphatic rings. The smallest absolute Gasteiger partial charge is 0.374 e. The fourth-order valence-electron chi connectivity index (χ4n) is 2.12. The van der Waals surface area contributed by atoms with Crippen molar-refractivity contribution in [1.29, 1.82) is 0 Å². The molecule has 0 saturated heterocycles. The van der Waals surface area contributed by atoms with Crippen LogP contribution in [0.3, 0.4) is 0 Å². The summed E-state index contributed by atoms with van der Waals surface area (Å²) in [7, 11) is 1.59. The second-order valence-electron chi connectivity index (χ2n) is 4.68. The molecule has 5 heteroatoms. The summed E-state index contributed by atoms with van der Waals surface area (Å²) in [6.07, 6.45) is 0. The highest BCUT2D eigenvalue weighted by atomic mass is 16.5. The number of carbonyl (C=O) groups is 1. The van der Waals surface area contributed by atoms with Gasteiger partial charge < -0.3 is 18.8 Å². The van der Waals surface area contributed by atoms with Gasteiger partial charge in [-0.1, -0.05) is 13.8 Å². The fraction of sp³-hybridized carbons (Fsp3) is 0.438. The zero-order valence-corrected chi connectivity index (χ0v) is 12.7. The quantitative estimate of drug-likeness (QED) is 0.734. The van der Waals surface area contributed by atoms with Crippen LogP contribution < -0.4 is 4.74 Å². The maximum absolute atomic E-state index is 12.0. The maximum Gasteiger partial charge on any atom is 0.374 e. The lowest BCUT2D eigenvalue weighted by Crippen LogP contribution is -2.27. The van der Waals surface area contributed by atoms with Gasteiger partial charge in [0.1, 0.15) is 17.9 Å². The van der Waals surface area contributed by atoms with Gasteiger partial charge in [-0.05, 0) is 31.3 Å². The minimum Gasteiger partial charge on any atom is -0.497 e. The zero-order chi connectivity index (χ0) is 15.2. The zero-order valence-electron chi connectivity index (χ0n) is 12.7. The molecule has 1 heterocycles. The van der Waals surface area contributed by atoms with Gasteiger partial charge in [0.05, 0.1) is 7.11 Å². The molecule has 0 N–H and O–H groups in total. The van der Waals surface area contributed by atoms with Gasteiger partial charge in [-0.15, -0.1) is 0 Å². The molecule has 0 saturated carbocycles. The molecule has 0 atom stereocenters. The average Bonchev–Trinajstić information content (AvgIpc) is 2.94. The van der Waals surface area contributed by atoms with E-state index in [1.807, 2.05) is 12.1 Å². The van der Waals surface area contributed by atoms with Crippen molar-refractivity contribution in [2.45, 2.75) is 13.8 Å². The number of furan rings is 1. The van der Waals surface area contributed by atoms with E-state index >= 15 is 0 Å². The molecule has 0 bridgehead atoms. The predicted octanol–water partition coefficient (Wildman–Crippen LogP) is 2.94. The number of hydrogen-bond donors (Lipinski definition) is 0. The van der Waals surface area contributed by atoms with E-state index in [2.05, 4.69) is 18.7 Å². The summed E-state index contributed by atoms with van der Waals surface area (Å²) >= 11 is 0. The van der Waals surface area contributed by atoms with Gasteiger partial charge in [0, 0.05) is 18.0 Å². The van der Waals surface area contributed by atoms with Crippen molar-refractivity contribution in [2.24, 2.45) is 0 Å². The Balaban J connectivity index is 1.99. The largest absolute Gasteiger partial charge is 0.497 e. The van der Waals surface area contributed by atoms with Crippen LogP contribution in [0.15, 0.2) is 28.7 Å². The Morgan fingerprint density at radius 2 is 2.00 bits per heavy atom. The van der Waals surface area contributed by atoms with E-state index in [4.69, 9.17) is 13.9 Å². The molecular formula is C16H21NO4. The van der Waals surface area contributed by atoms with Crippen molar-refractivity contribution in [1.82, 2.24) is 4.90 Å². The van der Waals surface area contributed by atoms with E-state index in [-0.39, 0.29) is 5.76 Å². The van der Waals surface area contributed by atoms with Crippen LogP contribution in [-0.2, 0) is 4.74 Å². The first kappa shape index (κ1) is 15.4. The van der Waals surface area contributed by atoms with Gasteiger partial charge in [-0.25, -0.2) is 4.79 Å². The third kappa shape index (κ3) is 3.76. The molecule has 2 rings (SSSR count). The highest BCUT2D eigenvalue weighted by Crippen LogP contribution is 2.24. The number of hydrogen-bond acceptors (Lipinski definition) is 5. The van der Waals surface area contributed by atoms with Crippen LogP contribution in [0.2, 0.25) is 0 Å². The Labute approximate surface area is 124 Å². The van der Waals surface area contributed by atoms with E-state index in [9.17, 15) is 4.79 Å². The fourth-order valence-corrected chi connectivity index (χ4v) is 2.12. The van der Waals surface area contributed by atoms with E-state index in [1.165, 1.54) is 0 Å². The summed E-state index contributed by atoms with van der Waals surface area (Å²) in [5.41, 5.74) is 0.616. The SMILES string of the molecule is CCN(CC)CCOC(=O)c1cc2ccc(OC)cc2o1. The van der Waals surface area contributed by atoms with Gasteiger partial charge in [0.2, 0.25) is 5.76 Å². The summed E-state index contributed by atoms with van der Waals surface area (Å²) in [4.78, 5) is 14.2. The van der Waals surface area contributed by atoms with E-state index in [0.29, 0.717) is 17.9 Å². The molecule has 1 aromatic carbocycles. The molecule has 21 heavy (non-hydrogen) atoms. The predicted molar refractivity (Wildman–Crippen MR) is 80.8 cm³/mol. The van der Waals surface area contributed by atoms with E-state index in [1.54, 1.807) is 19.2 Å². The molecule has 0 radical (unpaired) electrons. The maximum atomic E-state index is 12.0. The van der Waals surface area contributed by atoms with Crippen molar-refractivity contribution in [3.8, 4) is 5.75 Å². The summed E-state index contributed by atoms with van der Waals surface area (Å²) in [5, 5.41) is 0.853. The minimum absolute atomic E-state index is 0.220. The molecule has 114 valence electrons. The molecule has 1 aromatic heterocycles. The van der Waals surface area contributed by atoms with Crippen molar-refractivity contribution in [3.05, 3.63) is 30.0 Å². The molecular weight excluding hydrogens is 270 g/mol. The molecule has 0 fully saturated rings. The first-order valence-electron chi connectivity index (χ1n) is 7.15. The number of rotatable bonds is 7. The normalized spacial score (nSPS) is 11.0. The Bertz CT molecular complexity index is 601. The highest BCUT2D eigenvalue weighted by molar-refractivity contribution is 5.92. The number of esters is 1. The lowest BCUT2D eigenvalue weighted by Gasteiger charge is -2.17. The van der Waals surface area contributed by atoms with Gasteiger partial charge in [-0.2, -0.15) is 0 Å². The first-order chi connectivity index (χ1) is 10.2.